The van der Waals surface area contributed by atoms with E-state index in [-0.39, 0.29) is 48.0 Å². The van der Waals surface area contributed by atoms with Gasteiger partial charge in [0.2, 0.25) is 0 Å². The Hall–Kier alpha value is -1.96. The van der Waals surface area contributed by atoms with Gasteiger partial charge < -0.3 is 10.2 Å². The molecule has 3 nitrogen and oxygen atoms in total. The summed E-state index contributed by atoms with van der Waals surface area (Å²) in [6.45, 7) is 1.42. The number of rotatable bonds is 2. The van der Waals surface area contributed by atoms with Crippen molar-refractivity contribution in [2.75, 3.05) is 0 Å². The molecule has 34 heavy (non-hydrogen) atoms. The number of aliphatic hydroxyl groups is 1. The Morgan fingerprint density at radius 1 is 0.971 bits per heavy atom. The Labute approximate surface area is 195 Å². The number of hydrogen-bond acceptors (Lipinski definition) is 3. The number of hydrogen-bond donors (Lipinski definition) is 2. The molecule has 4 aliphatic carbocycles. The van der Waals surface area contributed by atoms with Crippen LogP contribution in [0, 0.1) is 29.1 Å². The molecule has 3 fully saturated rings. The molecule has 0 spiro atoms. The first-order valence-corrected chi connectivity index (χ1v) is 12.0. The van der Waals surface area contributed by atoms with Crippen LogP contribution < -0.4 is 0 Å². The van der Waals surface area contributed by atoms with Crippen molar-refractivity contribution in [2.45, 2.75) is 75.5 Å². The number of ketones is 1. The van der Waals surface area contributed by atoms with E-state index in [0.717, 1.165) is 11.1 Å². The lowest BCUT2D eigenvalue weighted by atomic mass is 9.46. The fourth-order valence-corrected chi connectivity index (χ4v) is 8.13. The zero-order valence-electron chi connectivity index (χ0n) is 18.9. The molecule has 0 amide bonds. The number of benzene rings is 1. The molecule has 1 aromatic carbocycles. The van der Waals surface area contributed by atoms with E-state index in [1.807, 2.05) is 0 Å². The van der Waals surface area contributed by atoms with Crippen LogP contribution in [0.5, 0.6) is 5.75 Å². The summed E-state index contributed by atoms with van der Waals surface area (Å²) in [7, 11) is 0. The number of carbonyl (C=O) groups is 1. The maximum Gasteiger partial charge on any atom is 0.456 e. The van der Waals surface area contributed by atoms with E-state index in [2.05, 4.69) is 0 Å². The standard InChI is InChI=1S/C26H29F5O3/c1-23-13-20(14-2-5-16(32)6-3-14)22-18-9-7-17(33)12-15(18)4-8-19(22)21(23)10-11-24(23,34)25(27,28)26(29,30)31/h2-3,5-6,12,18-22,32,34H,4,7-11,13H2,1H3/t18-,19-,20+,21-,22+,23-,24-/m0/s1. The highest BCUT2D eigenvalue weighted by molar-refractivity contribution is 5.91. The van der Waals surface area contributed by atoms with Crippen LogP contribution in [-0.4, -0.2) is 33.7 Å². The van der Waals surface area contributed by atoms with Gasteiger partial charge in [0.25, 0.3) is 0 Å². The fourth-order valence-electron chi connectivity index (χ4n) is 8.13. The number of aromatic hydroxyl groups is 1. The summed E-state index contributed by atoms with van der Waals surface area (Å²) in [5.74, 6) is -6.04. The third-order valence-corrected chi connectivity index (χ3v) is 9.65. The van der Waals surface area contributed by atoms with Crippen molar-refractivity contribution in [3.8, 4) is 5.75 Å². The molecule has 8 heteroatoms. The molecule has 5 rings (SSSR count). The SMILES string of the molecule is C[C@]12C[C@H](c3ccc(O)cc3)[C@H]3[C@@H](CCC4=CC(=O)CC[C@@H]43)[C@@H]1CC[C@@]2(O)C(F)(F)C(F)(F)F. The zero-order valence-corrected chi connectivity index (χ0v) is 18.9. The Balaban J connectivity index is 1.63. The number of halogens is 5. The van der Waals surface area contributed by atoms with Crippen LogP contribution in [0.15, 0.2) is 35.9 Å². The smallest absolute Gasteiger partial charge is 0.456 e. The number of carbonyl (C=O) groups excluding carboxylic acids is 1. The minimum atomic E-state index is -5.85. The van der Waals surface area contributed by atoms with E-state index < -0.39 is 35.5 Å². The molecule has 0 radical (unpaired) electrons. The average molecular weight is 485 g/mol. The van der Waals surface area contributed by atoms with Gasteiger partial charge in [-0.25, -0.2) is 0 Å². The van der Waals surface area contributed by atoms with Gasteiger partial charge in [-0.3, -0.25) is 4.79 Å². The minimum absolute atomic E-state index is 0.0104. The Kier molecular flexibility index (Phi) is 5.26. The molecule has 0 unspecified atom stereocenters. The number of allylic oxidation sites excluding steroid dienone is 1. The van der Waals surface area contributed by atoms with Crippen molar-refractivity contribution in [1.82, 2.24) is 0 Å². The molecule has 0 aromatic heterocycles. The summed E-state index contributed by atoms with van der Waals surface area (Å²) in [4.78, 5) is 12.1. The van der Waals surface area contributed by atoms with Gasteiger partial charge in [0, 0.05) is 11.8 Å². The first kappa shape index (κ1) is 23.8. The van der Waals surface area contributed by atoms with Crippen LogP contribution >= 0.6 is 0 Å². The molecule has 0 aliphatic heterocycles. The highest BCUT2D eigenvalue weighted by Crippen LogP contribution is 2.71. The van der Waals surface area contributed by atoms with Gasteiger partial charge in [0.1, 0.15) is 11.4 Å². The zero-order chi connectivity index (χ0) is 24.7. The normalized spacial score (nSPS) is 40.3. The topological polar surface area (TPSA) is 57.5 Å². The van der Waals surface area contributed by atoms with E-state index in [9.17, 15) is 37.0 Å². The number of alkyl halides is 5. The third-order valence-electron chi connectivity index (χ3n) is 9.65. The lowest BCUT2D eigenvalue weighted by molar-refractivity contribution is -0.364. The lowest BCUT2D eigenvalue weighted by Crippen LogP contribution is -2.66. The summed E-state index contributed by atoms with van der Waals surface area (Å²) in [6, 6.07) is 6.38. The van der Waals surface area contributed by atoms with Gasteiger partial charge in [0.15, 0.2) is 5.78 Å². The van der Waals surface area contributed by atoms with Crippen LogP contribution in [0.1, 0.15) is 63.4 Å². The minimum Gasteiger partial charge on any atom is -0.508 e. The van der Waals surface area contributed by atoms with Gasteiger partial charge in [-0.1, -0.05) is 24.6 Å². The van der Waals surface area contributed by atoms with Gasteiger partial charge in [0.05, 0.1) is 0 Å². The van der Waals surface area contributed by atoms with Crippen LogP contribution in [0.25, 0.3) is 0 Å². The predicted molar refractivity (Wildman–Crippen MR) is 114 cm³/mol. The molecule has 2 N–H and O–H groups in total. The largest absolute Gasteiger partial charge is 0.508 e. The lowest BCUT2D eigenvalue weighted by Gasteiger charge is -2.59. The maximum absolute atomic E-state index is 14.9. The average Bonchev–Trinajstić information content (AvgIpc) is 3.04. The summed E-state index contributed by atoms with van der Waals surface area (Å²) in [5.41, 5.74) is -3.02. The van der Waals surface area contributed by atoms with Gasteiger partial charge in [-0.15, -0.1) is 0 Å². The second kappa shape index (κ2) is 7.52. The van der Waals surface area contributed by atoms with Crippen LogP contribution in [0.4, 0.5) is 22.0 Å². The number of phenolic OH excluding ortho intramolecular Hbond substituents is 1. The fraction of sp³-hybridized carbons (Fsp3) is 0.654. The van der Waals surface area contributed by atoms with Crippen LogP contribution in [-0.2, 0) is 4.79 Å². The van der Waals surface area contributed by atoms with E-state index in [0.29, 0.717) is 25.7 Å². The number of phenols is 1. The highest BCUT2D eigenvalue weighted by atomic mass is 19.4. The van der Waals surface area contributed by atoms with E-state index >= 15 is 0 Å². The predicted octanol–water partition coefficient (Wildman–Crippen LogP) is 6.16. The molecule has 1 aromatic rings. The summed E-state index contributed by atoms with van der Waals surface area (Å²) < 4.78 is 70.4. The second-order valence-corrected chi connectivity index (χ2v) is 11.0. The molecule has 0 heterocycles. The third kappa shape index (κ3) is 3.12. The maximum atomic E-state index is 14.9. The van der Waals surface area contributed by atoms with E-state index in [1.165, 1.54) is 19.1 Å². The van der Waals surface area contributed by atoms with Crippen molar-refractivity contribution in [2.24, 2.45) is 29.1 Å². The van der Waals surface area contributed by atoms with E-state index in [1.54, 1.807) is 18.2 Å². The molecular formula is C26H29F5O3. The first-order chi connectivity index (χ1) is 15.8. The highest BCUT2D eigenvalue weighted by Gasteiger charge is 2.79. The Morgan fingerprint density at radius 3 is 2.29 bits per heavy atom. The molecule has 186 valence electrons. The Morgan fingerprint density at radius 2 is 1.65 bits per heavy atom. The summed E-state index contributed by atoms with van der Waals surface area (Å²) >= 11 is 0. The van der Waals surface area contributed by atoms with Crippen molar-refractivity contribution < 1.29 is 37.0 Å². The van der Waals surface area contributed by atoms with Gasteiger partial charge in [-0.2, -0.15) is 22.0 Å². The monoisotopic (exact) mass is 484 g/mol. The molecule has 0 bridgehead atoms. The van der Waals surface area contributed by atoms with Gasteiger partial charge >= 0.3 is 12.1 Å². The van der Waals surface area contributed by atoms with Crippen molar-refractivity contribution in [3.05, 3.63) is 41.5 Å². The quantitative estimate of drug-likeness (QED) is 0.495. The summed E-state index contributed by atoms with van der Waals surface area (Å²) in [5, 5.41) is 21.0. The van der Waals surface area contributed by atoms with Gasteiger partial charge in [-0.05, 0) is 91.9 Å². The van der Waals surface area contributed by atoms with Crippen molar-refractivity contribution >= 4 is 5.78 Å². The van der Waals surface area contributed by atoms with Crippen LogP contribution in [0.2, 0.25) is 0 Å². The molecule has 0 saturated heterocycles. The molecular weight excluding hydrogens is 455 g/mol. The van der Waals surface area contributed by atoms with Crippen molar-refractivity contribution in [1.29, 1.82) is 0 Å². The second-order valence-electron chi connectivity index (χ2n) is 11.0. The molecule has 3 saturated carbocycles. The van der Waals surface area contributed by atoms with E-state index in [4.69, 9.17) is 0 Å². The molecule has 7 atom stereocenters. The number of fused-ring (bicyclic) bond motifs is 5. The molecule has 4 aliphatic rings. The van der Waals surface area contributed by atoms with Crippen LogP contribution in [0.3, 0.4) is 0 Å². The summed E-state index contributed by atoms with van der Waals surface area (Å²) in [6.07, 6.45) is -2.37. The Bertz CT molecular complexity index is 1020. The first-order valence-electron chi connectivity index (χ1n) is 12.0. The van der Waals surface area contributed by atoms with Crippen molar-refractivity contribution in [3.63, 3.8) is 0 Å².